The Hall–Kier alpha value is -3.15. The van der Waals surface area contributed by atoms with Crippen LogP contribution in [-0.4, -0.2) is 33.2 Å². The van der Waals surface area contributed by atoms with E-state index in [-0.39, 0.29) is 0 Å². The number of rotatable bonds is 56. The molecule has 0 aromatic carbocycles. The zero-order valence-electron chi connectivity index (χ0n) is 49.3. The summed E-state index contributed by atoms with van der Waals surface area (Å²) in [6.07, 6.45) is 87.4. The molecule has 0 aromatic rings. The summed E-state index contributed by atoms with van der Waals surface area (Å²) in [5.74, 6) is -1.98. The van der Waals surface area contributed by atoms with Crippen molar-refractivity contribution >= 4 is 17.9 Å². The molecular weight excluding hydrogens is 913 g/mol. The van der Waals surface area contributed by atoms with Gasteiger partial charge in [-0.2, -0.15) is 0 Å². The molecule has 6 nitrogen and oxygen atoms in total. The third-order valence-corrected chi connectivity index (χ3v) is 13.5. The summed E-state index contributed by atoms with van der Waals surface area (Å²) in [7, 11) is 0. The molecule has 0 bridgehead atoms. The van der Waals surface area contributed by atoms with Crippen molar-refractivity contribution in [2.75, 3.05) is 0 Å². The van der Waals surface area contributed by atoms with Gasteiger partial charge in [0.1, 0.15) is 0 Å². The normalized spacial score (nSPS) is 11.7. The SMILES string of the molecule is CCCCCC=CCC=CCCCCCCCCCC(=O)O.CCCCCC=CCC=CCCCCCCCCCCCC(=O)O.CCCCCC=CCC=CCCCCCCCCCCCCCCCC(=O)O. The summed E-state index contributed by atoms with van der Waals surface area (Å²) in [5, 5.41) is 25.7. The molecule has 6 heteroatoms. The van der Waals surface area contributed by atoms with Crippen LogP contribution in [-0.2, 0) is 14.4 Å². The van der Waals surface area contributed by atoms with Crippen molar-refractivity contribution in [1.82, 2.24) is 0 Å². The van der Waals surface area contributed by atoms with E-state index in [1.807, 2.05) is 0 Å². The van der Waals surface area contributed by atoms with Crippen LogP contribution in [0.1, 0.15) is 342 Å². The Morgan fingerprint density at radius 1 is 0.216 bits per heavy atom. The minimum absolute atomic E-state index is 0.331. The number of unbranched alkanes of at least 4 members (excludes halogenated alkanes) is 38. The Balaban J connectivity index is -0.00000103. The second kappa shape index (κ2) is 71.9. The lowest BCUT2D eigenvalue weighted by Crippen LogP contribution is -1.93. The smallest absolute Gasteiger partial charge is 0.303 e. The zero-order chi connectivity index (χ0) is 54.6. The van der Waals surface area contributed by atoms with E-state index in [0.29, 0.717) is 19.3 Å². The van der Waals surface area contributed by atoms with Crippen molar-refractivity contribution in [2.45, 2.75) is 342 Å². The van der Waals surface area contributed by atoms with E-state index < -0.39 is 17.9 Å². The molecule has 0 saturated carbocycles. The number of carboxylic acids is 3. The van der Waals surface area contributed by atoms with E-state index in [2.05, 4.69) is 93.7 Å². The number of carbonyl (C=O) groups is 3. The molecule has 0 amide bonds. The van der Waals surface area contributed by atoms with Gasteiger partial charge in [0.15, 0.2) is 0 Å². The highest BCUT2D eigenvalue weighted by Gasteiger charge is 2.00. The standard InChI is InChI=1S/C26H48O2.C22H40O2.C20H36O2/c1-2-3-4-5-6-7-8-9-10-11-12-13-14-15-16-17-18-19-20-21-22-23-24-25-26(27)28;1-2-3-4-5-6-7-8-9-10-11-12-13-14-15-16-17-18-19-20-21-22(23)24;1-2-3-4-5-6-7-8-9-10-11-12-13-14-15-16-17-18-19-20(21)22/h6-7,9-10H,2-5,8,11-25H2,1H3,(H,27,28);6-7,9-10H,2-5,8,11-21H2,1H3,(H,23,24);6-7,9-10H,2-5,8,11-19H2,1H3,(H,21,22). The lowest BCUT2D eigenvalue weighted by Gasteiger charge is -2.03. The van der Waals surface area contributed by atoms with Crippen LogP contribution in [0.15, 0.2) is 72.9 Å². The van der Waals surface area contributed by atoms with Gasteiger partial charge < -0.3 is 15.3 Å². The number of hydrogen-bond acceptors (Lipinski definition) is 3. The summed E-state index contributed by atoms with van der Waals surface area (Å²) in [4.78, 5) is 31.1. The number of carboxylic acid groups (broad SMARTS) is 3. The minimum Gasteiger partial charge on any atom is -0.481 e. The van der Waals surface area contributed by atoms with Gasteiger partial charge in [0.05, 0.1) is 0 Å². The van der Waals surface area contributed by atoms with Crippen molar-refractivity contribution in [3.63, 3.8) is 0 Å². The third-order valence-electron chi connectivity index (χ3n) is 13.5. The number of hydrogen-bond donors (Lipinski definition) is 3. The van der Waals surface area contributed by atoms with Crippen LogP contribution < -0.4 is 0 Å². The van der Waals surface area contributed by atoms with Gasteiger partial charge in [0.25, 0.3) is 0 Å². The Labute approximate surface area is 460 Å². The van der Waals surface area contributed by atoms with Crippen LogP contribution in [0.25, 0.3) is 0 Å². The Kier molecular flexibility index (Phi) is 73.0. The molecule has 0 spiro atoms. The first-order chi connectivity index (χ1) is 36.3. The molecule has 0 rings (SSSR count). The molecule has 432 valence electrons. The van der Waals surface area contributed by atoms with Gasteiger partial charge in [-0.05, 0) is 116 Å². The van der Waals surface area contributed by atoms with Crippen LogP contribution in [0.3, 0.4) is 0 Å². The van der Waals surface area contributed by atoms with Crippen molar-refractivity contribution in [3.8, 4) is 0 Å². The largest absolute Gasteiger partial charge is 0.481 e. The van der Waals surface area contributed by atoms with E-state index in [1.165, 1.54) is 244 Å². The Bertz CT molecular complexity index is 1290. The fraction of sp³-hybridized carbons (Fsp3) is 0.779. The highest BCUT2D eigenvalue weighted by molar-refractivity contribution is 5.67. The van der Waals surface area contributed by atoms with Crippen LogP contribution in [0, 0.1) is 0 Å². The van der Waals surface area contributed by atoms with E-state index in [0.717, 1.165) is 57.8 Å². The predicted octanol–water partition coefficient (Wildman–Crippen LogP) is 23.1. The molecule has 0 unspecified atom stereocenters. The number of allylic oxidation sites excluding steroid dienone is 12. The molecule has 0 saturated heterocycles. The topological polar surface area (TPSA) is 112 Å². The molecule has 0 fully saturated rings. The predicted molar refractivity (Wildman–Crippen MR) is 326 cm³/mol. The van der Waals surface area contributed by atoms with Gasteiger partial charge in [-0.15, -0.1) is 0 Å². The van der Waals surface area contributed by atoms with E-state index >= 15 is 0 Å². The summed E-state index contributed by atoms with van der Waals surface area (Å²) < 4.78 is 0. The summed E-state index contributed by atoms with van der Waals surface area (Å²) in [5.41, 5.74) is 0. The molecular formula is C68H124O6. The van der Waals surface area contributed by atoms with Crippen molar-refractivity contribution < 1.29 is 29.7 Å². The minimum atomic E-state index is -0.664. The quantitative estimate of drug-likeness (QED) is 0.0413. The van der Waals surface area contributed by atoms with Crippen molar-refractivity contribution in [1.29, 1.82) is 0 Å². The molecule has 0 aromatic heterocycles. The fourth-order valence-electron chi connectivity index (χ4n) is 8.74. The van der Waals surface area contributed by atoms with Gasteiger partial charge in [-0.25, -0.2) is 0 Å². The maximum absolute atomic E-state index is 10.4. The first kappa shape index (κ1) is 75.1. The highest BCUT2D eigenvalue weighted by atomic mass is 16.4. The highest BCUT2D eigenvalue weighted by Crippen LogP contribution is 2.15. The summed E-state index contributed by atoms with van der Waals surface area (Å²) in [6.45, 7) is 6.75. The first-order valence-electron chi connectivity index (χ1n) is 31.9. The van der Waals surface area contributed by atoms with Crippen LogP contribution in [0.5, 0.6) is 0 Å². The second-order valence-electron chi connectivity index (χ2n) is 21.1. The van der Waals surface area contributed by atoms with E-state index in [1.54, 1.807) is 0 Å². The van der Waals surface area contributed by atoms with Crippen molar-refractivity contribution in [3.05, 3.63) is 72.9 Å². The molecule has 0 radical (unpaired) electrons. The van der Waals surface area contributed by atoms with Crippen LogP contribution >= 0.6 is 0 Å². The maximum Gasteiger partial charge on any atom is 0.303 e. The van der Waals surface area contributed by atoms with Crippen LogP contribution in [0.2, 0.25) is 0 Å². The average molecular weight is 1040 g/mol. The average Bonchev–Trinajstić information content (AvgIpc) is 3.38. The molecule has 0 atom stereocenters. The lowest BCUT2D eigenvalue weighted by molar-refractivity contribution is -0.138. The van der Waals surface area contributed by atoms with Gasteiger partial charge in [-0.3, -0.25) is 14.4 Å². The molecule has 0 aliphatic carbocycles. The summed E-state index contributed by atoms with van der Waals surface area (Å²) in [6, 6.07) is 0. The molecule has 0 heterocycles. The van der Waals surface area contributed by atoms with E-state index in [9.17, 15) is 14.4 Å². The Morgan fingerprint density at radius 2 is 0.365 bits per heavy atom. The van der Waals surface area contributed by atoms with Gasteiger partial charge in [0, 0.05) is 19.3 Å². The van der Waals surface area contributed by atoms with E-state index in [4.69, 9.17) is 15.3 Å². The monoisotopic (exact) mass is 1040 g/mol. The molecule has 0 aliphatic heterocycles. The van der Waals surface area contributed by atoms with Gasteiger partial charge >= 0.3 is 17.9 Å². The Morgan fingerprint density at radius 3 is 0.527 bits per heavy atom. The lowest BCUT2D eigenvalue weighted by atomic mass is 10.0. The molecule has 3 N–H and O–H groups in total. The third kappa shape index (κ3) is 82.9. The molecule has 0 aliphatic rings. The fourth-order valence-corrected chi connectivity index (χ4v) is 8.74. The number of aliphatic carboxylic acids is 3. The zero-order valence-corrected chi connectivity index (χ0v) is 49.3. The van der Waals surface area contributed by atoms with Crippen molar-refractivity contribution in [2.24, 2.45) is 0 Å². The second-order valence-corrected chi connectivity index (χ2v) is 21.1. The van der Waals surface area contributed by atoms with Crippen LogP contribution in [0.4, 0.5) is 0 Å². The maximum atomic E-state index is 10.4. The van der Waals surface area contributed by atoms with Gasteiger partial charge in [-0.1, -0.05) is 280 Å². The summed E-state index contributed by atoms with van der Waals surface area (Å²) >= 11 is 0. The molecule has 74 heavy (non-hydrogen) atoms. The van der Waals surface area contributed by atoms with Gasteiger partial charge in [0.2, 0.25) is 0 Å². The first-order valence-corrected chi connectivity index (χ1v) is 31.9.